The van der Waals surface area contributed by atoms with Gasteiger partial charge in [-0.15, -0.1) is 10.2 Å². The van der Waals surface area contributed by atoms with E-state index in [1.54, 1.807) is 19.5 Å². The number of benzene rings is 1. The average molecular weight is 299 g/mol. The Morgan fingerprint density at radius 3 is 3.00 bits per heavy atom. The first-order valence-corrected chi connectivity index (χ1v) is 7.14. The number of hydrogen-bond acceptors (Lipinski definition) is 5. The highest BCUT2D eigenvalue weighted by atomic mass is 16.5. The summed E-state index contributed by atoms with van der Waals surface area (Å²) in [6, 6.07) is 7.92. The maximum Gasteiger partial charge on any atom is 0.331 e. The van der Waals surface area contributed by atoms with Crippen LogP contribution in [0.5, 0.6) is 5.75 Å². The molecule has 0 radical (unpaired) electrons. The van der Waals surface area contributed by atoms with Crippen LogP contribution in [0, 0.1) is 0 Å². The second-order valence-electron chi connectivity index (χ2n) is 5.07. The van der Waals surface area contributed by atoms with Gasteiger partial charge in [0.05, 0.1) is 7.11 Å². The van der Waals surface area contributed by atoms with Gasteiger partial charge >= 0.3 is 5.97 Å². The molecular formula is C16H17N3O3. The Morgan fingerprint density at radius 2 is 2.23 bits per heavy atom. The zero-order valence-corrected chi connectivity index (χ0v) is 12.3. The second kappa shape index (κ2) is 6.43. The molecule has 0 spiro atoms. The van der Waals surface area contributed by atoms with Crippen LogP contribution in [0.2, 0.25) is 0 Å². The molecule has 1 aromatic heterocycles. The molecule has 22 heavy (non-hydrogen) atoms. The lowest BCUT2D eigenvalue weighted by molar-refractivity contribution is -0.139. The zero-order valence-electron chi connectivity index (χ0n) is 12.3. The Hall–Kier alpha value is -2.63. The van der Waals surface area contributed by atoms with Gasteiger partial charge in [0.2, 0.25) is 0 Å². The van der Waals surface area contributed by atoms with Gasteiger partial charge < -0.3 is 14.0 Å². The predicted molar refractivity (Wildman–Crippen MR) is 80.1 cm³/mol. The van der Waals surface area contributed by atoms with E-state index in [0.717, 1.165) is 18.4 Å². The van der Waals surface area contributed by atoms with E-state index in [1.165, 1.54) is 6.08 Å². The fraction of sp³-hybridized carbons (Fsp3) is 0.312. The Balaban J connectivity index is 1.58. The molecule has 6 heteroatoms. The second-order valence-corrected chi connectivity index (χ2v) is 5.07. The molecule has 6 nitrogen and oxygen atoms in total. The van der Waals surface area contributed by atoms with E-state index < -0.39 is 5.97 Å². The summed E-state index contributed by atoms with van der Waals surface area (Å²) >= 11 is 0. The lowest BCUT2D eigenvalue weighted by Crippen LogP contribution is -2.07. The number of carbonyl (C=O) groups excluding carboxylic acids is 1. The molecule has 1 aromatic carbocycles. The monoisotopic (exact) mass is 299 g/mol. The van der Waals surface area contributed by atoms with Gasteiger partial charge in [-0.2, -0.15) is 0 Å². The summed E-state index contributed by atoms with van der Waals surface area (Å²) < 4.78 is 12.4. The van der Waals surface area contributed by atoms with Crippen LogP contribution in [0.3, 0.4) is 0 Å². The molecule has 0 bridgehead atoms. The number of esters is 1. The predicted octanol–water partition coefficient (Wildman–Crippen LogP) is 2.38. The minimum atomic E-state index is -0.420. The lowest BCUT2D eigenvalue weighted by atomic mass is 10.2. The molecule has 1 aliphatic carbocycles. The van der Waals surface area contributed by atoms with Gasteiger partial charge in [-0.05, 0) is 25.0 Å². The largest absolute Gasteiger partial charge is 0.496 e. The highest BCUT2D eigenvalue weighted by molar-refractivity contribution is 5.87. The Labute approximate surface area is 128 Å². The molecule has 0 amide bonds. The normalized spacial score (nSPS) is 14.2. The number of rotatable bonds is 6. The Morgan fingerprint density at radius 1 is 1.41 bits per heavy atom. The molecule has 2 aromatic rings. The molecule has 3 rings (SSSR count). The van der Waals surface area contributed by atoms with Gasteiger partial charge in [0, 0.05) is 17.7 Å². The van der Waals surface area contributed by atoms with Crippen molar-refractivity contribution in [3.63, 3.8) is 0 Å². The van der Waals surface area contributed by atoms with Crippen molar-refractivity contribution in [3.05, 3.63) is 48.1 Å². The molecule has 0 atom stereocenters. The van der Waals surface area contributed by atoms with Gasteiger partial charge in [0.15, 0.2) is 12.4 Å². The smallest absolute Gasteiger partial charge is 0.331 e. The molecule has 0 aliphatic heterocycles. The van der Waals surface area contributed by atoms with Crippen molar-refractivity contribution in [1.29, 1.82) is 0 Å². The van der Waals surface area contributed by atoms with E-state index in [-0.39, 0.29) is 6.61 Å². The third kappa shape index (κ3) is 3.33. The van der Waals surface area contributed by atoms with Crippen molar-refractivity contribution in [3.8, 4) is 5.75 Å². The number of nitrogens with zero attached hydrogens (tertiary/aromatic N) is 3. The van der Waals surface area contributed by atoms with E-state index in [4.69, 9.17) is 9.47 Å². The molecule has 0 unspecified atom stereocenters. The van der Waals surface area contributed by atoms with Crippen LogP contribution in [0.4, 0.5) is 0 Å². The summed E-state index contributed by atoms with van der Waals surface area (Å²) in [5.74, 6) is 0.970. The molecule has 0 N–H and O–H groups in total. The van der Waals surface area contributed by atoms with E-state index in [9.17, 15) is 4.79 Å². The molecule has 1 aliphatic rings. The summed E-state index contributed by atoms with van der Waals surface area (Å²) in [4.78, 5) is 11.8. The fourth-order valence-electron chi connectivity index (χ4n) is 2.17. The first kappa shape index (κ1) is 14.3. The van der Waals surface area contributed by atoms with E-state index in [0.29, 0.717) is 17.6 Å². The Bertz CT molecular complexity index is 689. The third-order valence-electron chi connectivity index (χ3n) is 3.47. The zero-order chi connectivity index (χ0) is 15.4. The van der Waals surface area contributed by atoms with Crippen LogP contribution in [0.1, 0.15) is 30.3 Å². The van der Waals surface area contributed by atoms with Gasteiger partial charge in [-0.1, -0.05) is 18.2 Å². The quantitative estimate of drug-likeness (QED) is 0.605. The molecule has 1 fully saturated rings. The standard InChI is InChI=1S/C16H17N3O3/c1-21-14-5-3-2-4-12(14)6-9-16(20)22-10-15-18-17-11-19(15)13-7-8-13/h2-6,9,11,13H,7-8,10H2,1H3. The SMILES string of the molecule is COc1ccccc1C=CC(=O)OCc1nncn1C1CC1. The van der Waals surface area contributed by atoms with Crippen molar-refractivity contribution in [1.82, 2.24) is 14.8 Å². The van der Waals surface area contributed by atoms with Gasteiger partial charge in [-0.25, -0.2) is 4.79 Å². The van der Waals surface area contributed by atoms with E-state index in [2.05, 4.69) is 10.2 Å². The lowest BCUT2D eigenvalue weighted by Gasteiger charge is -2.05. The average Bonchev–Trinajstić information content (AvgIpc) is 3.29. The number of aromatic nitrogens is 3. The Kier molecular flexibility index (Phi) is 4.18. The summed E-state index contributed by atoms with van der Waals surface area (Å²) in [6.07, 6.45) is 7.01. The molecule has 114 valence electrons. The van der Waals surface area contributed by atoms with Crippen molar-refractivity contribution in [2.75, 3.05) is 7.11 Å². The van der Waals surface area contributed by atoms with E-state index >= 15 is 0 Å². The first-order chi connectivity index (χ1) is 10.8. The van der Waals surface area contributed by atoms with Crippen molar-refractivity contribution >= 4 is 12.0 Å². The summed E-state index contributed by atoms with van der Waals surface area (Å²) in [6.45, 7) is 0.131. The van der Waals surface area contributed by atoms with Gasteiger partial charge in [0.1, 0.15) is 12.1 Å². The first-order valence-electron chi connectivity index (χ1n) is 7.14. The van der Waals surface area contributed by atoms with Crippen LogP contribution < -0.4 is 4.74 Å². The van der Waals surface area contributed by atoms with Crippen LogP contribution in [0.15, 0.2) is 36.7 Å². The van der Waals surface area contributed by atoms with Gasteiger partial charge in [0.25, 0.3) is 0 Å². The number of ether oxygens (including phenoxy) is 2. The van der Waals surface area contributed by atoms with E-state index in [1.807, 2.05) is 28.8 Å². The highest BCUT2D eigenvalue weighted by Crippen LogP contribution is 2.35. The van der Waals surface area contributed by atoms with Crippen LogP contribution in [0.25, 0.3) is 6.08 Å². The maximum absolute atomic E-state index is 11.8. The number of para-hydroxylation sites is 1. The molecular weight excluding hydrogens is 282 g/mol. The van der Waals surface area contributed by atoms with Crippen molar-refractivity contribution in [2.45, 2.75) is 25.5 Å². The summed E-state index contributed by atoms with van der Waals surface area (Å²) in [5.41, 5.74) is 0.822. The molecule has 0 saturated heterocycles. The van der Waals surface area contributed by atoms with Crippen molar-refractivity contribution in [2.24, 2.45) is 0 Å². The topological polar surface area (TPSA) is 66.2 Å². The minimum Gasteiger partial charge on any atom is -0.496 e. The highest BCUT2D eigenvalue weighted by Gasteiger charge is 2.26. The molecule has 1 saturated carbocycles. The summed E-state index contributed by atoms with van der Waals surface area (Å²) in [5, 5.41) is 7.85. The van der Waals surface area contributed by atoms with Crippen molar-refractivity contribution < 1.29 is 14.3 Å². The van der Waals surface area contributed by atoms with Crippen LogP contribution >= 0.6 is 0 Å². The number of hydrogen-bond donors (Lipinski definition) is 0. The van der Waals surface area contributed by atoms with Gasteiger partial charge in [-0.3, -0.25) is 0 Å². The minimum absolute atomic E-state index is 0.131. The number of methoxy groups -OCH3 is 1. The third-order valence-corrected chi connectivity index (χ3v) is 3.47. The van der Waals surface area contributed by atoms with Crippen LogP contribution in [-0.4, -0.2) is 27.8 Å². The molecule has 1 heterocycles. The summed E-state index contributed by atoms with van der Waals surface area (Å²) in [7, 11) is 1.59. The van der Waals surface area contributed by atoms with Crippen LogP contribution in [-0.2, 0) is 16.1 Å². The number of carbonyl (C=O) groups is 1. The fourth-order valence-corrected chi connectivity index (χ4v) is 2.17. The maximum atomic E-state index is 11.8.